The van der Waals surface area contributed by atoms with Crippen molar-refractivity contribution in [3.05, 3.63) is 65.5 Å². The van der Waals surface area contributed by atoms with Gasteiger partial charge in [0.1, 0.15) is 12.5 Å². The van der Waals surface area contributed by atoms with Crippen LogP contribution in [0.2, 0.25) is 0 Å². The molecule has 0 aliphatic carbocycles. The van der Waals surface area contributed by atoms with E-state index in [1.54, 1.807) is 36.1 Å². The standard InChI is InChI=1S/C21H21FN2O4/c1-2-28-21(27)15-8-10-18(11-9-15)24(14-23-12-4-7-19(23)25)20(26)16-5-3-6-17(22)13-16/h3,5-6,8-11,13H,2,4,7,12,14H2,1H3. The molecule has 0 atom stereocenters. The van der Waals surface area contributed by atoms with E-state index in [0.717, 1.165) is 12.5 Å². The maximum atomic E-state index is 13.6. The predicted molar refractivity (Wildman–Crippen MR) is 101 cm³/mol. The van der Waals surface area contributed by atoms with E-state index < -0.39 is 17.7 Å². The van der Waals surface area contributed by atoms with E-state index in [1.807, 2.05) is 0 Å². The van der Waals surface area contributed by atoms with Crippen LogP contribution in [0.1, 0.15) is 40.5 Å². The number of halogens is 1. The Bertz CT molecular complexity index is 882. The van der Waals surface area contributed by atoms with Crippen molar-refractivity contribution < 1.29 is 23.5 Å². The summed E-state index contributed by atoms with van der Waals surface area (Å²) in [6.45, 7) is 2.61. The summed E-state index contributed by atoms with van der Waals surface area (Å²) in [7, 11) is 0. The minimum absolute atomic E-state index is 0.0276. The van der Waals surface area contributed by atoms with Crippen LogP contribution in [0.4, 0.5) is 10.1 Å². The third-order valence-electron chi connectivity index (χ3n) is 4.49. The van der Waals surface area contributed by atoms with Gasteiger partial charge in [0, 0.05) is 24.2 Å². The fourth-order valence-corrected chi connectivity index (χ4v) is 3.06. The van der Waals surface area contributed by atoms with Gasteiger partial charge in [-0.15, -0.1) is 0 Å². The molecule has 0 aromatic heterocycles. The monoisotopic (exact) mass is 384 g/mol. The van der Waals surface area contributed by atoms with Gasteiger partial charge in [-0.2, -0.15) is 0 Å². The van der Waals surface area contributed by atoms with E-state index in [2.05, 4.69) is 0 Å². The number of ether oxygens (including phenoxy) is 1. The number of nitrogens with zero attached hydrogens (tertiary/aromatic N) is 2. The van der Waals surface area contributed by atoms with Crippen molar-refractivity contribution in [1.82, 2.24) is 4.90 Å². The number of likely N-dealkylation sites (tertiary alicyclic amines) is 1. The number of amides is 2. The van der Waals surface area contributed by atoms with Crippen LogP contribution >= 0.6 is 0 Å². The first kappa shape index (κ1) is 19.5. The number of rotatable bonds is 6. The van der Waals surface area contributed by atoms with Gasteiger partial charge in [-0.25, -0.2) is 9.18 Å². The van der Waals surface area contributed by atoms with Crippen molar-refractivity contribution >= 4 is 23.5 Å². The Labute approximate surface area is 162 Å². The Morgan fingerprint density at radius 3 is 2.50 bits per heavy atom. The normalized spacial score (nSPS) is 13.5. The van der Waals surface area contributed by atoms with Crippen LogP contribution in [-0.4, -0.2) is 42.5 Å². The van der Waals surface area contributed by atoms with Gasteiger partial charge in [0.05, 0.1) is 12.2 Å². The highest BCUT2D eigenvalue weighted by Crippen LogP contribution is 2.21. The Hall–Kier alpha value is -3.22. The molecule has 1 heterocycles. The number of carbonyl (C=O) groups excluding carboxylic acids is 3. The molecule has 0 radical (unpaired) electrons. The Balaban J connectivity index is 1.90. The Morgan fingerprint density at radius 1 is 1.14 bits per heavy atom. The second-order valence-electron chi connectivity index (χ2n) is 6.41. The summed E-state index contributed by atoms with van der Waals surface area (Å²) in [6, 6.07) is 11.8. The fourth-order valence-electron chi connectivity index (χ4n) is 3.06. The summed E-state index contributed by atoms with van der Waals surface area (Å²) in [4.78, 5) is 39.9. The van der Waals surface area contributed by atoms with Crippen LogP contribution in [0.5, 0.6) is 0 Å². The van der Waals surface area contributed by atoms with Crippen molar-refractivity contribution in [3.8, 4) is 0 Å². The first-order valence-electron chi connectivity index (χ1n) is 9.12. The third kappa shape index (κ3) is 4.36. The number of hydrogen-bond donors (Lipinski definition) is 0. The molecule has 2 amide bonds. The molecule has 0 saturated carbocycles. The van der Waals surface area contributed by atoms with Gasteiger partial charge in [-0.1, -0.05) is 6.07 Å². The molecular weight excluding hydrogens is 363 g/mol. The molecule has 2 aromatic rings. The zero-order chi connectivity index (χ0) is 20.1. The molecule has 1 fully saturated rings. The lowest BCUT2D eigenvalue weighted by molar-refractivity contribution is -0.127. The summed E-state index contributed by atoms with van der Waals surface area (Å²) >= 11 is 0. The van der Waals surface area contributed by atoms with E-state index in [4.69, 9.17) is 4.74 Å². The summed E-state index contributed by atoms with van der Waals surface area (Å²) in [5, 5.41) is 0. The van der Waals surface area contributed by atoms with Gasteiger partial charge in [-0.3, -0.25) is 14.5 Å². The molecule has 0 bridgehead atoms. The average molecular weight is 384 g/mol. The van der Waals surface area contributed by atoms with Gasteiger partial charge in [0.25, 0.3) is 5.91 Å². The second-order valence-corrected chi connectivity index (χ2v) is 6.41. The van der Waals surface area contributed by atoms with Crippen LogP contribution < -0.4 is 4.90 Å². The molecule has 6 nitrogen and oxygen atoms in total. The van der Waals surface area contributed by atoms with Crippen LogP contribution in [0.3, 0.4) is 0 Å². The van der Waals surface area contributed by atoms with E-state index in [9.17, 15) is 18.8 Å². The molecule has 2 aromatic carbocycles. The molecular formula is C21H21FN2O4. The first-order chi connectivity index (χ1) is 13.5. The molecule has 28 heavy (non-hydrogen) atoms. The summed E-state index contributed by atoms with van der Waals surface area (Å²) < 4.78 is 18.6. The van der Waals surface area contributed by atoms with E-state index >= 15 is 0 Å². The highest BCUT2D eigenvalue weighted by molar-refractivity contribution is 6.06. The molecule has 1 saturated heterocycles. The molecule has 0 N–H and O–H groups in total. The number of hydrogen-bond acceptors (Lipinski definition) is 4. The van der Waals surface area contributed by atoms with Gasteiger partial charge in [0.2, 0.25) is 5.91 Å². The zero-order valence-corrected chi connectivity index (χ0v) is 15.6. The fraction of sp³-hybridized carbons (Fsp3) is 0.286. The van der Waals surface area contributed by atoms with Gasteiger partial charge in [0.15, 0.2) is 0 Å². The van der Waals surface area contributed by atoms with Crippen LogP contribution in [-0.2, 0) is 9.53 Å². The van der Waals surface area contributed by atoms with Gasteiger partial charge >= 0.3 is 5.97 Å². The molecule has 0 unspecified atom stereocenters. The minimum Gasteiger partial charge on any atom is -0.462 e. The lowest BCUT2D eigenvalue weighted by Crippen LogP contribution is -2.42. The lowest BCUT2D eigenvalue weighted by atomic mass is 10.1. The Morgan fingerprint density at radius 2 is 1.89 bits per heavy atom. The maximum absolute atomic E-state index is 13.6. The minimum atomic E-state index is -0.513. The second kappa shape index (κ2) is 8.65. The van der Waals surface area contributed by atoms with Crippen LogP contribution in [0.25, 0.3) is 0 Å². The molecule has 1 aliphatic rings. The third-order valence-corrected chi connectivity index (χ3v) is 4.49. The quantitative estimate of drug-likeness (QED) is 0.717. The van der Waals surface area contributed by atoms with Gasteiger partial charge in [-0.05, 0) is 55.8 Å². The zero-order valence-electron chi connectivity index (χ0n) is 15.6. The molecule has 3 rings (SSSR count). The number of benzene rings is 2. The summed E-state index contributed by atoms with van der Waals surface area (Å²) in [5.74, 6) is -1.42. The summed E-state index contributed by atoms with van der Waals surface area (Å²) in [5.41, 5.74) is 1.05. The van der Waals surface area contributed by atoms with Crippen molar-refractivity contribution in [3.63, 3.8) is 0 Å². The first-order valence-corrected chi connectivity index (χ1v) is 9.12. The van der Waals surface area contributed by atoms with E-state index in [1.165, 1.54) is 23.1 Å². The van der Waals surface area contributed by atoms with Gasteiger partial charge < -0.3 is 9.64 Å². The highest BCUT2D eigenvalue weighted by Gasteiger charge is 2.26. The van der Waals surface area contributed by atoms with Crippen molar-refractivity contribution in [2.75, 3.05) is 24.7 Å². The Kier molecular flexibility index (Phi) is 6.03. The molecule has 7 heteroatoms. The molecule has 1 aliphatic heterocycles. The summed E-state index contributed by atoms with van der Waals surface area (Å²) in [6.07, 6.45) is 1.19. The van der Waals surface area contributed by atoms with Crippen molar-refractivity contribution in [1.29, 1.82) is 0 Å². The number of anilines is 1. The van der Waals surface area contributed by atoms with E-state index in [-0.39, 0.29) is 24.7 Å². The number of esters is 1. The predicted octanol–water partition coefficient (Wildman–Crippen LogP) is 3.23. The van der Waals surface area contributed by atoms with Crippen molar-refractivity contribution in [2.24, 2.45) is 0 Å². The van der Waals surface area contributed by atoms with Crippen LogP contribution in [0.15, 0.2) is 48.5 Å². The highest BCUT2D eigenvalue weighted by atomic mass is 19.1. The largest absolute Gasteiger partial charge is 0.462 e. The average Bonchev–Trinajstić information content (AvgIpc) is 3.10. The smallest absolute Gasteiger partial charge is 0.338 e. The van der Waals surface area contributed by atoms with Crippen LogP contribution in [0, 0.1) is 5.82 Å². The van der Waals surface area contributed by atoms with Crippen molar-refractivity contribution in [2.45, 2.75) is 19.8 Å². The SMILES string of the molecule is CCOC(=O)c1ccc(N(CN2CCCC2=O)C(=O)c2cccc(F)c2)cc1. The molecule has 0 spiro atoms. The maximum Gasteiger partial charge on any atom is 0.338 e. The number of carbonyl (C=O) groups is 3. The topological polar surface area (TPSA) is 66.9 Å². The lowest BCUT2D eigenvalue weighted by Gasteiger charge is -2.28. The van der Waals surface area contributed by atoms with E-state index in [0.29, 0.717) is 24.2 Å². The molecule has 146 valence electrons.